The molecule has 37 heavy (non-hydrogen) atoms. The minimum atomic E-state index is -1.05. The van der Waals surface area contributed by atoms with Crippen molar-refractivity contribution in [1.82, 2.24) is 20.2 Å². The number of Topliss-reactive ketones (excluding diaryl/α,β-unsaturated/α-hetero) is 1. The highest BCUT2D eigenvalue weighted by atomic mass is 16.2. The number of hydrogen-bond acceptors (Lipinski definition) is 7. The summed E-state index contributed by atoms with van der Waals surface area (Å²) in [6.45, 7) is 8.49. The molecule has 1 aromatic rings. The molecular formula is C27H40N6O4. The van der Waals surface area contributed by atoms with E-state index in [1.165, 1.54) is 0 Å². The summed E-state index contributed by atoms with van der Waals surface area (Å²) in [7, 11) is 0. The molecule has 1 aromatic heterocycles. The number of hydrogen-bond donors (Lipinski definition) is 3. The third-order valence-corrected chi connectivity index (χ3v) is 8.52. The Morgan fingerprint density at radius 3 is 2.35 bits per heavy atom. The molecule has 0 bridgehead atoms. The number of aromatic nitrogens is 2. The fourth-order valence-electron chi connectivity index (χ4n) is 5.98. The number of nitrogens with zero attached hydrogens (tertiary/aromatic N) is 3. The number of likely N-dealkylation sites (tertiary alicyclic amines) is 1. The summed E-state index contributed by atoms with van der Waals surface area (Å²) in [4.78, 5) is 62.1. The van der Waals surface area contributed by atoms with Crippen LogP contribution in [-0.2, 0) is 19.2 Å². The van der Waals surface area contributed by atoms with Crippen LogP contribution in [0.5, 0.6) is 0 Å². The van der Waals surface area contributed by atoms with Gasteiger partial charge >= 0.3 is 0 Å². The van der Waals surface area contributed by atoms with Crippen LogP contribution in [0.4, 0.5) is 5.95 Å². The standard InChI is InChI=1S/C27H40N6O4/c1-5-17-13-27(17)14-19(23(36)31-18(20(34)22(28)35)12-16-8-6-9-16)33(15-27)24(37)21(26(2,3)4)32-25-29-10-7-11-30-25/h7,10-11,16-19,21H,5-6,8-9,12-15H2,1-4H3,(H2,28,35)(H,31,36)(H,29,30,32)/t17-,18?,19?,21+,27?/m0/s1. The molecule has 0 aromatic carbocycles. The van der Waals surface area contributed by atoms with Gasteiger partial charge in [-0.1, -0.05) is 53.4 Å². The highest BCUT2D eigenvalue weighted by Gasteiger charge is 2.62. The fourth-order valence-corrected chi connectivity index (χ4v) is 5.98. The first-order valence-electron chi connectivity index (χ1n) is 13.4. The van der Waals surface area contributed by atoms with Crippen LogP contribution in [0.2, 0.25) is 0 Å². The molecule has 3 unspecified atom stereocenters. The molecule has 10 nitrogen and oxygen atoms in total. The number of ketones is 1. The van der Waals surface area contributed by atoms with E-state index in [0.29, 0.717) is 31.3 Å². The Bertz CT molecular complexity index is 1040. The van der Waals surface area contributed by atoms with Gasteiger partial charge in [0.1, 0.15) is 12.1 Å². The van der Waals surface area contributed by atoms with Gasteiger partial charge in [-0.05, 0) is 48.0 Å². The maximum Gasteiger partial charge on any atom is 0.287 e. The molecule has 10 heteroatoms. The molecule has 3 aliphatic rings. The lowest BCUT2D eigenvalue weighted by Crippen LogP contribution is -2.57. The van der Waals surface area contributed by atoms with E-state index in [2.05, 4.69) is 27.5 Å². The van der Waals surface area contributed by atoms with Crippen LogP contribution in [-0.4, -0.2) is 63.0 Å². The Morgan fingerprint density at radius 2 is 1.84 bits per heavy atom. The molecule has 4 rings (SSSR count). The first-order valence-corrected chi connectivity index (χ1v) is 13.4. The molecule has 1 saturated heterocycles. The average molecular weight is 513 g/mol. The van der Waals surface area contributed by atoms with Gasteiger partial charge in [-0.2, -0.15) is 0 Å². The van der Waals surface area contributed by atoms with Gasteiger partial charge in [-0.3, -0.25) is 19.2 Å². The van der Waals surface area contributed by atoms with Crippen molar-refractivity contribution in [2.24, 2.45) is 28.4 Å². The van der Waals surface area contributed by atoms with Gasteiger partial charge in [0.2, 0.25) is 23.5 Å². The second-order valence-electron chi connectivity index (χ2n) is 12.2. The van der Waals surface area contributed by atoms with Crippen LogP contribution >= 0.6 is 0 Å². The van der Waals surface area contributed by atoms with Gasteiger partial charge < -0.3 is 21.3 Å². The zero-order chi connectivity index (χ0) is 27.0. The van der Waals surface area contributed by atoms with E-state index in [0.717, 1.165) is 32.1 Å². The van der Waals surface area contributed by atoms with Crippen molar-refractivity contribution in [3.05, 3.63) is 18.5 Å². The van der Waals surface area contributed by atoms with Crippen LogP contribution in [0.1, 0.15) is 72.6 Å². The molecular weight excluding hydrogens is 472 g/mol. The quantitative estimate of drug-likeness (QED) is 0.406. The normalized spacial score (nSPS) is 26.8. The first-order chi connectivity index (χ1) is 17.4. The zero-order valence-electron chi connectivity index (χ0n) is 22.3. The number of rotatable bonds is 10. The highest BCUT2D eigenvalue weighted by molar-refractivity contribution is 6.37. The van der Waals surface area contributed by atoms with E-state index in [4.69, 9.17) is 5.73 Å². The average Bonchev–Trinajstić information content (AvgIpc) is 3.36. The van der Waals surface area contributed by atoms with E-state index in [9.17, 15) is 19.2 Å². The molecule has 3 amide bonds. The zero-order valence-corrected chi connectivity index (χ0v) is 22.3. The number of nitrogens with two attached hydrogens (primary N) is 1. The Labute approximate surface area is 218 Å². The molecule has 1 spiro atoms. The predicted molar refractivity (Wildman–Crippen MR) is 138 cm³/mol. The highest BCUT2D eigenvalue weighted by Crippen LogP contribution is 2.61. The first kappa shape index (κ1) is 27.0. The van der Waals surface area contributed by atoms with E-state index in [1.807, 2.05) is 20.8 Å². The summed E-state index contributed by atoms with van der Waals surface area (Å²) in [5.74, 6) is -1.33. The van der Waals surface area contributed by atoms with Crippen molar-refractivity contribution in [1.29, 1.82) is 0 Å². The van der Waals surface area contributed by atoms with Crippen LogP contribution in [0, 0.1) is 22.7 Å². The Hall–Kier alpha value is -3.04. The van der Waals surface area contributed by atoms with Crippen molar-refractivity contribution in [3.63, 3.8) is 0 Å². The van der Waals surface area contributed by atoms with Crippen LogP contribution in [0.15, 0.2) is 18.5 Å². The number of primary amides is 1. The van der Waals surface area contributed by atoms with Crippen LogP contribution in [0.3, 0.4) is 0 Å². The Kier molecular flexibility index (Phi) is 7.57. The number of carbonyl (C=O) groups excluding carboxylic acids is 4. The van der Waals surface area contributed by atoms with Gasteiger partial charge in [0.25, 0.3) is 5.91 Å². The topological polar surface area (TPSA) is 147 Å². The lowest BCUT2D eigenvalue weighted by molar-refractivity contribution is -0.142. The number of nitrogens with one attached hydrogen (secondary N) is 2. The molecule has 0 radical (unpaired) electrons. The molecule has 2 heterocycles. The third kappa shape index (κ3) is 5.78. The third-order valence-electron chi connectivity index (χ3n) is 8.52. The number of amides is 3. The summed E-state index contributed by atoms with van der Waals surface area (Å²) in [5, 5.41) is 6.00. The molecule has 3 fully saturated rings. The van der Waals surface area contributed by atoms with Gasteiger partial charge in [0, 0.05) is 18.9 Å². The van der Waals surface area contributed by atoms with Crippen molar-refractivity contribution in [2.45, 2.75) is 90.8 Å². The summed E-state index contributed by atoms with van der Waals surface area (Å²) in [5.41, 5.74) is 4.72. The van der Waals surface area contributed by atoms with Crippen LogP contribution < -0.4 is 16.4 Å². The molecule has 2 aliphatic carbocycles. The molecule has 5 atom stereocenters. The van der Waals surface area contributed by atoms with Crippen LogP contribution in [0.25, 0.3) is 0 Å². The van der Waals surface area contributed by atoms with Gasteiger partial charge in [0.15, 0.2) is 0 Å². The minimum Gasteiger partial charge on any atom is -0.363 e. The lowest BCUT2D eigenvalue weighted by Gasteiger charge is -2.36. The van der Waals surface area contributed by atoms with Crippen molar-refractivity contribution in [2.75, 3.05) is 11.9 Å². The summed E-state index contributed by atoms with van der Waals surface area (Å²) in [6, 6.07) is -0.650. The van der Waals surface area contributed by atoms with Gasteiger partial charge in [0.05, 0.1) is 6.04 Å². The Balaban J connectivity index is 1.57. The SMILES string of the molecule is CC[C@H]1CC12CC(C(=O)NC(CC1CCC1)C(=O)C(N)=O)N(C(=O)[C@@H](Nc1ncccn1)C(C)(C)C)C2. The molecule has 202 valence electrons. The monoisotopic (exact) mass is 512 g/mol. The predicted octanol–water partition coefficient (Wildman–Crippen LogP) is 2.05. The van der Waals surface area contributed by atoms with Crippen molar-refractivity contribution in [3.8, 4) is 0 Å². The summed E-state index contributed by atoms with van der Waals surface area (Å²) < 4.78 is 0. The van der Waals surface area contributed by atoms with Gasteiger partial charge in [-0.25, -0.2) is 9.97 Å². The molecule has 2 saturated carbocycles. The minimum absolute atomic E-state index is 0.0880. The second-order valence-corrected chi connectivity index (χ2v) is 12.2. The Morgan fingerprint density at radius 1 is 1.16 bits per heavy atom. The lowest BCUT2D eigenvalue weighted by atomic mass is 9.80. The van der Waals surface area contributed by atoms with E-state index < -0.39 is 41.1 Å². The van der Waals surface area contributed by atoms with E-state index in [1.54, 1.807) is 23.4 Å². The largest absolute Gasteiger partial charge is 0.363 e. The van der Waals surface area contributed by atoms with Gasteiger partial charge in [-0.15, -0.1) is 0 Å². The van der Waals surface area contributed by atoms with Crippen molar-refractivity contribution < 1.29 is 19.2 Å². The summed E-state index contributed by atoms with van der Waals surface area (Å²) >= 11 is 0. The van der Waals surface area contributed by atoms with Crippen molar-refractivity contribution >= 4 is 29.5 Å². The number of anilines is 1. The number of carbonyl (C=O) groups is 4. The molecule has 4 N–H and O–H groups in total. The second kappa shape index (κ2) is 10.4. The van der Waals surface area contributed by atoms with E-state index in [-0.39, 0.29) is 17.2 Å². The summed E-state index contributed by atoms with van der Waals surface area (Å²) in [6.07, 6.45) is 9.12. The fraction of sp³-hybridized carbons (Fsp3) is 0.704. The maximum absolute atomic E-state index is 14.1. The maximum atomic E-state index is 14.1. The van der Waals surface area contributed by atoms with E-state index >= 15 is 0 Å². The smallest absolute Gasteiger partial charge is 0.287 e. The molecule has 1 aliphatic heterocycles.